The van der Waals surface area contributed by atoms with E-state index in [0.717, 1.165) is 5.56 Å². The summed E-state index contributed by atoms with van der Waals surface area (Å²) in [6.45, 7) is 0. The number of hydrogen-bond acceptors (Lipinski definition) is 6. The van der Waals surface area contributed by atoms with E-state index in [-0.39, 0.29) is 10.8 Å². The first kappa shape index (κ1) is 16.9. The van der Waals surface area contributed by atoms with Gasteiger partial charge in [-0.1, -0.05) is 0 Å². The SMILES string of the molecule is O=C(/C=C/c1ccoc1)Nc1ccc(S(=O)(=O)Nc2nccs2)cc1. The van der Waals surface area contributed by atoms with Crippen LogP contribution in [-0.2, 0) is 14.8 Å². The molecule has 3 aromatic rings. The summed E-state index contributed by atoms with van der Waals surface area (Å²) in [5, 5.41) is 4.61. The van der Waals surface area contributed by atoms with Crippen molar-refractivity contribution in [3.8, 4) is 0 Å². The van der Waals surface area contributed by atoms with Crippen molar-refractivity contribution in [3.63, 3.8) is 0 Å². The van der Waals surface area contributed by atoms with Crippen LogP contribution < -0.4 is 10.0 Å². The van der Waals surface area contributed by atoms with E-state index >= 15 is 0 Å². The molecule has 2 heterocycles. The third-order valence-corrected chi connectivity index (χ3v) is 5.23. The minimum Gasteiger partial charge on any atom is -0.472 e. The number of aromatic nitrogens is 1. The van der Waals surface area contributed by atoms with Gasteiger partial charge in [0.25, 0.3) is 10.0 Å². The second kappa shape index (κ2) is 7.32. The molecule has 0 unspecified atom stereocenters. The summed E-state index contributed by atoms with van der Waals surface area (Å²) in [5.41, 5.74) is 1.25. The van der Waals surface area contributed by atoms with Crippen LogP contribution in [0.3, 0.4) is 0 Å². The molecule has 0 aliphatic rings. The van der Waals surface area contributed by atoms with Gasteiger partial charge in [-0.3, -0.25) is 9.52 Å². The summed E-state index contributed by atoms with van der Waals surface area (Å²) in [5.74, 6) is -0.335. The van der Waals surface area contributed by atoms with Crippen LogP contribution in [-0.4, -0.2) is 19.3 Å². The number of carbonyl (C=O) groups is 1. The lowest BCUT2D eigenvalue weighted by Crippen LogP contribution is -2.13. The van der Waals surface area contributed by atoms with Gasteiger partial charge < -0.3 is 9.73 Å². The molecule has 0 radical (unpaired) electrons. The molecule has 25 heavy (non-hydrogen) atoms. The largest absolute Gasteiger partial charge is 0.472 e. The molecule has 1 aromatic carbocycles. The molecular weight excluding hydrogens is 362 g/mol. The molecule has 0 aliphatic carbocycles. The maximum atomic E-state index is 12.2. The number of rotatable bonds is 6. The number of amides is 1. The van der Waals surface area contributed by atoms with Crippen LogP contribution in [0.5, 0.6) is 0 Å². The fourth-order valence-electron chi connectivity index (χ4n) is 1.89. The zero-order valence-electron chi connectivity index (χ0n) is 12.7. The third kappa shape index (κ3) is 4.55. The molecule has 7 nitrogen and oxygen atoms in total. The molecule has 2 N–H and O–H groups in total. The summed E-state index contributed by atoms with van der Waals surface area (Å²) in [4.78, 5) is 15.8. The number of carbonyl (C=O) groups excluding carboxylic acids is 1. The lowest BCUT2D eigenvalue weighted by atomic mass is 10.3. The molecule has 0 fully saturated rings. The van der Waals surface area contributed by atoms with Crippen LogP contribution in [0.4, 0.5) is 10.8 Å². The monoisotopic (exact) mass is 375 g/mol. The Morgan fingerprint density at radius 1 is 1.20 bits per heavy atom. The molecule has 0 atom stereocenters. The Labute approximate surface area is 148 Å². The van der Waals surface area contributed by atoms with Crippen molar-refractivity contribution in [2.75, 3.05) is 10.0 Å². The maximum absolute atomic E-state index is 12.2. The highest BCUT2D eigenvalue weighted by Gasteiger charge is 2.15. The molecule has 9 heteroatoms. The van der Waals surface area contributed by atoms with Crippen LogP contribution in [0, 0.1) is 0 Å². The Balaban J connectivity index is 1.64. The van der Waals surface area contributed by atoms with Crippen LogP contribution in [0.2, 0.25) is 0 Å². The molecule has 128 valence electrons. The number of anilines is 2. The Morgan fingerprint density at radius 3 is 2.64 bits per heavy atom. The van der Waals surface area contributed by atoms with E-state index in [9.17, 15) is 13.2 Å². The van der Waals surface area contributed by atoms with Gasteiger partial charge in [-0.15, -0.1) is 11.3 Å². The lowest BCUT2D eigenvalue weighted by Gasteiger charge is -2.07. The van der Waals surface area contributed by atoms with Gasteiger partial charge in [0.15, 0.2) is 5.13 Å². The van der Waals surface area contributed by atoms with Gasteiger partial charge >= 0.3 is 0 Å². The first-order chi connectivity index (χ1) is 12.0. The summed E-state index contributed by atoms with van der Waals surface area (Å²) in [7, 11) is -3.71. The van der Waals surface area contributed by atoms with Crippen LogP contribution in [0.25, 0.3) is 6.08 Å². The van der Waals surface area contributed by atoms with Gasteiger partial charge in [0.05, 0.1) is 17.4 Å². The van der Waals surface area contributed by atoms with Crippen molar-refractivity contribution in [1.29, 1.82) is 0 Å². The minimum absolute atomic E-state index is 0.0784. The van der Waals surface area contributed by atoms with Crippen molar-refractivity contribution < 1.29 is 17.6 Å². The van der Waals surface area contributed by atoms with Crippen molar-refractivity contribution in [2.24, 2.45) is 0 Å². The van der Waals surface area contributed by atoms with Crippen molar-refractivity contribution in [3.05, 3.63) is 66.1 Å². The molecule has 0 spiro atoms. The first-order valence-electron chi connectivity index (χ1n) is 7.06. The standard InChI is InChI=1S/C16H13N3O4S2/c20-15(6-1-12-7-9-23-11-12)18-13-2-4-14(5-3-13)25(21,22)19-16-17-8-10-24-16/h1-11H,(H,17,19)(H,18,20)/b6-1+. The van der Waals surface area contributed by atoms with E-state index in [2.05, 4.69) is 15.0 Å². The number of benzene rings is 1. The predicted octanol–water partition coefficient (Wildman–Crippen LogP) is 3.19. The minimum atomic E-state index is -3.71. The highest BCUT2D eigenvalue weighted by Crippen LogP contribution is 2.19. The number of nitrogens with zero attached hydrogens (tertiary/aromatic N) is 1. The summed E-state index contributed by atoms with van der Waals surface area (Å²) in [6.07, 6.45) is 7.50. The Bertz CT molecular complexity index is 961. The highest BCUT2D eigenvalue weighted by molar-refractivity contribution is 7.93. The average molecular weight is 375 g/mol. The average Bonchev–Trinajstić information content (AvgIpc) is 3.27. The molecule has 3 rings (SSSR count). The highest BCUT2D eigenvalue weighted by atomic mass is 32.2. The Morgan fingerprint density at radius 2 is 2.00 bits per heavy atom. The van der Waals surface area contributed by atoms with E-state index in [0.29, 0.717) is 10.8 Å². The maximum Gasteiger partial charge on any atom is 0.263 e. The van der Waals surface area contributed by atoms with E-state index < -0.39 is 10.0 Å². The molecule has 0 aliphatic heterocycles. The smallest absolute Gasteiger partial charge is 0.263 e. The molecule has 0 saturated carbocycles. The fourth-order valence-corrected chi connectivity index (χ4v) is 3.68. The van der Waals surface area contributed by atoms with E-state index in [1.54, 1.807) is 17.5 Å². The Kier molecular flexibility index (Phi) is 4.96. The summed E-state index contributed by atoms with van der Waals surface area (Å²) >= 11 is 1.19. The van der Waals surface area contributed by atoms with Crippen molar-refractivity contribution in [2.45, 2.75) is 4.90 Å². The zero-order valence-corrected chi connectivity index (χ0v) is 14.4. The molecule has 0 saturated heterocycles. The zero-order chi connectivity index (χ0) is 17.7. The first-order valence-corrected chi connectivity index (χ1v) is 9.43. The van der Waals surface area contributed by atoms with Gasteiger partial charge in [-0.05, 0) is 36.4 Å². The topological polar surface area (TPSA) is 101 Å². The van der Waals surface area contributed by atoms with Gasteiger partial charge in [-0.2, -0.15) is 0 Å². The van der Waals surface area contributed by atoms with E-state index in [4.69, 9.17) is 4.42 Å². The van der Waals surface area contributed by atoms with E-state index in [1.165, 1.54) is 60.4 Å². The number of sulfonamides is 1. The van der Waals surface area contributed by atoms with Crippen LogP contribution >= 0.6 is 11.3 Å². The number of nitrogens with one attached hydrogen (secondary N) is 2. The molecule has 1 amide bonds. The summed E-state index contributed by atoms with van der Waals surface area (Å²) in [6, 6.07) is 7.57. The lowest BCUT2D eigenvalue weighted by molar-refractivity contribution is -0.111. The van der Waals surface area contributed by atoms with Gasteiger partial charge in [0, 0.05) is 28.9 Å². The quantitative estimate of drug-likeness (QED) is 0.644. The van der Waals surface area contributed by atoms with E-state index in [1.807, 2.05) is 0 Å². The van der Waals surface area contributed by atoms with Gasteiger partial charge in [0.2, 0.25) is 5.91 Å². The molecular formula is C16H13N3O4S2. The number of furan rings is 1. The van der Waals surface area contributed by atoms with Crippen molar-refractivity contribution in [1.82, 2.24) is 4.98 Å². The van der Waals surface area contributed by atoms with Crippen molar-refractivity contribution >= 4 is 44.2 Å². The second-order valence-corrected chi connectivity index (χ2v) is 7.42. The third-order valence-electron chi connectivity index (χ3n) is 3.06. The fraction of sp³-hybridized carbons (Fsp3) is 0. The van der Waals surface area contributed by atoms with Gasteiger partial charge in [-0.25, -0.2) is 13.4 Å². The van der Waals surface area contributed by atoms with Gasteiger partial charge in [0.1, 0.15) is 0 Å². The predicted molar refractivity (Wildman–Crippen MR) is 95.7 cm³/mol. The normalized spacial score (nSPS) is 11.5. The Hall–Kier alpha value is -2.91. The molecule has 2 aromatic heterocycles. The summed E-state index contributed by atoms with van der Waals surface area (Å²) < 4.78 is 31.7. The van der Waals surface area contributed by atoms with Crippen LogP contribution in [0.15, 0.2) is 69.8 Å². The number of hydrogen-bond donors (Lipinski definition) is 2. The second-order valence-electron chi connectivity index (χ2n) is 4.85. The molecule has 0 bridgehead atoms. The number of thiazole rings is 1. The van der Waals surface area contributed by atoms with Crippen LogP contribution in [0.1, 0.15) is 5.56 Å².